The molecule has 124 valence electrons. The Labute approximate surface area is 147 Å². The Morgan fingerprint density at radius 3 is 2.14 bits per heavy atom. The van der Waals surface area contributed by atoms with Gasteiger partial charge in [0.1, 0.15) is 5.15 Å². The molecule has 2 aromatic rings. The maximum Gasteiger partial charge on any atom is 0.183 e. The second kappa shape index (κ2) is 11.8. The number of ether oxygens (including phenoxy) is 1. The average Bonchev–Trinajstić information content (AvgIpc) is 3.06. The SMILES string of the molecule is C.CC1CCOC1.Cc1ccc(Cl)nc1.Cc1cnc(Cl)s1. The maximum absolute atomic E-state index is 5.50. The standard InChI is InChI=1S/C6H6ClN.C5H10O.C4H4ClNS.CH4/c1-5-2-3-6(7)8-4-5;1-5-2-3-6-4-5;1-3-2-6-4(5)7-3;/h2-4H,1H3;5H,2-4H2,1H3;2H,1H3;1H4. The van der Waals surface area contributed by atoms with Gasteiger partial charge in [0.15, 0.2) is 4.47 Å². The minimum atomic E-state index is 0. The Morgan fingerprint density at radius 1 is 1.18 bits per heavy atom. The molecule has 0 radical (unpaired) electrons. The first-order valence-electron chi connectivity index (χ1n) is 6.71. The molecular formula is C16H24Cl2N2OS. The zero-order valence-electron chi connectivity index (χ0n) is 12.5. The maximum atomic E-state index is 5.50. The molecular weight excluding hydrogens is 339 g/mol. The summed E-state index contributed by atoms with van der Waals surface area (Å²) in [7, 11) is 0. The van der Waals surface area contributed by atoms with Crippen LogP contribution in [0.1, 0.15) is 31.2 Å². The van der Waals surface area contributed by atoms with Crippen LogP contribution in [-0.2, 0) is 4.74 Å². The van der Waals surface area contributed by atoms with E-state index in [1.165, 1.54) is 17.8 Å². The van der Waals surface area contributed by atoms with Crippen LogP contribution in [-0.4, -0.2) is 23.2 Å². The molecule has 1 aliphatic rings. The molecule has 0 bridgehead atoms. The lowest BCUT2D eigenvalue weighted by molar-refractivity contribution is 0.188. The van der Waals surface area contributed by atoms with E-state index in [4.69, 9.17) is 27.9 Å². The molecule has 3 nitrogen and oxygen atoms in total. The molecule has 3 rings (SSSR count). The lowest BCUT2D eigenvalue weighted by Gasteiger charge is -1.89. The highest BCUT2D eigenvalue weighted by Crippen LogP contribution is 2.15. The summed E-state index contributed by atoms with van der Waals surface area (Å²) in [5, 5.41) is 0.551. The Bertz CT molecular complexity index is 474. The largest absolute Gasteiger partial charge is 0.381 e. The van der Waals surface area contributed by atoms with E-state index in [-0.39, 0.29) is 7.43 Å². The molecule has 22 heavy (non-hydrogen) atoms. The Morgan fingerprint density at radius 2 is 1.91 bits per heavy atom. The van der Waals surface area contributed by atoms with Crippen LogP contribution in [0, 0.1) is 19.8 Å². The van der Waals surface area contributed by atoms with Gasteiger partial charge in [-0.15, -0.1) is 11.3 Å². The number of nitrogens with zero attached hydrogens (tertiary/aromatic N) is 2. The third kappa shape index (κ3) is 10.1. The highest BCUT2D eigenvalue weighted by atomic mass is 35.5. The summed E-state index contributed by atoms with van der Waals surface area (Å²) in [5.41, 5.74) is 1.13. The molecule has 0 aromatic carbocycles. The first-order valence-corrected chi connectivity index (χ1v) is 8.28. The average molecular weight is 363 g/mol. The Kier molecular flexibility index (Phi) is 11.5. The first kappa shape index (κ1) is 21.3. The minimum Gasteiger partial charge on any atom is -0.381 e. The molecule has 0 saturated carbocycles. The molecule has 1 fully saturated rings. The van der Waals surface area contributed by atoms with E-state index in [0.29, 0.717) is 9.62 Å². The van der Waals surface area contributed by atoms with E-state index >= 15 is 0 Å². The topological polar surface area (TPSA) is 35.0 Å². The molecule has 1 atom stereocenters. The quantitative estimate of drug-likeness (QED) is 0.553. The van der Waals surface area contributed by atoms with Gasteiger partial charge in [0.25, 0.3) is 0 Å². The van der Waals surface area contributed by atoms with Gasteiger partial charge in [-0.1, -0.05) is 43.6 Å². The molecule has 3 heterocycles. The van der Waals surface area contributed by atoms with Gasteiger partial charge < -0.3 is 4.74 Å². The fraction of sp³-hybridized carbons (Fsp3) is 0.500. The van der Waals surface area contributed by atoms with Crippen LogP contribution in [0.4, 0.5) is 0 Å². The van der Waals surface area contributed by atoms with Gasteiger partial charge in [0, 0.05) is 30.5 Å². The van der Waals surface area contributed by atoms with E-state index in [0.717, 1.165) is 29.6 Å². The van der Waals surface area contributed by atoms with Gasteiger partial charge in [0.2, 0.25) is 0 Å². The Hall–Kier alpha value is -0.680. The van der Waals surface area contributed by atoms with Crippen molar-refractivity contribution in [2.24, 2.45) is 5.92 Å². The van der Waals surface area contributed by atoms with E-state index in [9.17, 15) is 0 Å². The summed E-state index contributed by atoms with van der Waals surface area (Å²) in [4.78, 5) is 8.80. The minimum absolute atomic E-state index is 0. The van der Waals surface area contributed by atoms with Crippen LogP contribution in [0.5, 0.6) is 0 Å². The summed E-state index contributed by atoms with van der Waals surface area (Å²) in [6, 6.07) is 3.70. The fourth-order valence-electron chi connectivity index (χ4n) is 1.43. The van der Waals surface area contributed by atoms with E-state index < -0.39 is 0 Å². The normalized spacial score (nSPS) is 15.8. The monoisotopic (exact) mass is 362 g/mol. The van der Waals surface area contributed by atoms with Crippen LogP contribution in [0.3, 0.4) is 0 Å². The van der Waals surface area contributed by atoms with Crippen molar-refractivity contribution < 1.29 is 4.74 Å². The highest BCUT2D eigenvalue weighted by molar-refractivity contribution is 7.15. The predicted octanol–water partition coefficient (Wildman–Crippen LogP) is 5.83. The van der Waals surface area contributed by atoms with Crippen molar-refractivity contribution >= 4 is 34.5 Å². The van der Waals surface area contributed by atoms with E-state index in [1.54, 1.807) is 18.5 Å². The molecule has 0 aliphatic carbocycles. The zero-order chi connectivity index (χ0) is 15.7. The molecule has 6 heteroatoms. The lowest BCUT2D eigenvalue weighted by atomic mass is 10.2. The molecule has 0 N–H and O–H groups in total. The van der Waals surface area contributed by atoms with Crippen molar-refractivity contribution in [2.75, 3.05) is 13.2 Å². The van der Waals surface area contributed by atoms with Gasteiger partial charge in [-0.3, -0.25) is 0 Å². The summed E-state index contributed by atoms with van der Waals surface area (Å²) in [5.74, 6) is 0.824. The van der Waals surface area contributed by atoms with Crippen LogP contribution in [0.15, 0.2) is 24.5 Å². The number of halogens is 2. The van der Waals surface area contributed by atoms with Gasteiger partial charge >= 0.3 is 0 Å². The number of pyridine rings is 1. The first-order chi connectivity index (χ1) is 9.97. The van der Waals surface area contributed by atoms with Crippen molar-refractivity contribution in [3.8, 4) is 0 Å². The number of aromatic nitrogens is 2. The number of thiazole rings is 1. The Balaban J connectivity index is 0.000000297. The summed E-state index contributed by atoms with van der Waals surface area (Å²) < 4.78 is 5.68. The van der Waals surface area contributed by atoms with E-state index in [2.05, 4.69) is 16.9 Å². The molecule has 1 saturated heterocycles. The van der Waals surface area contributed by atoms with Crippen molar-refractivity contribution in [3.05, 3.63) is 44.6 Å². The summed E-state index contributed by atoms with van der Waals surface area (Å²) in [6.07, 6.45) is 4.76. The molecule has 0 amide bonds. The van der Waals surface area contributed by atoms with Crippen LogP contribution >= 0.6 is 34.5 Å². The summed E-state index contributed by atoms with van der Waals surface area (Å²) in [6.45, 7) is 8.14. The zero-order valence-corrected chi connectivity index (χ0v) is 14.8. The highest BCUT2D eigenvalue weighted by Gasteiger charge is 2.07. The number of aryl methyl sites for hydroxylation is 2. The molecule has 0 spiro atoms. The van der Waals surface area contributed by atoms with Crippen molar-refractivity contribution in [1.29, 1.82) is 0 Å². The fourth-order valence-corrected chi connectivity index (χ4v) is 2.43. The van der Waals surface area contributed by atoms with Crippen molar-refractivity contribution in [2.45, 2.75) is 34.6 Å². The van der Waals surface area contributed by atoms with E-state index in [1.807, 2.05) is 19.9 Å². The second-order valence-electron chi connectivity index (χ2n) is 4.85. The van der Waals surface area contributed by atoms with Crippen LogP contribution in [0.2, 0.25) is 9.62 Å². The molecule has 1 unspecified atom stereocenters. The second-order valence-corrected chi connectivity index (χ2v) is 7.06. The third-order valence-corrected chi connectivity index (χ3v) is 3.88. The van der Waals surface area contributed by atoms with Crippen molar-refractivity contribution in [3.63, 3.8) is 0 Å². The van der Waals surface area contributed by atoms with Crippen LogP contribution < -0.4 is 0 Å². The van der Waals surface area contributed by atoms with Gasteiger partial charge in [0.05, 0.1) is 0 Å². The predicted molar refractivity (Wildman–Crippen MR) is 97.2 cm³/mol. The number of hydrogen-bond donors (Lipinski definition) is 0. The third-order valence-electron chi connectivity index (χ3n) is 2.63. The smallest absolute Gasteiger partial charge is 0.183 e. The molecule has 2 aromatic heterocycles. The van der Waals surface area contributed by atoms with Gasteiger partial charge in [-0.2, -0.15) is 0 Å². The molecule has 1 aliphatic heterocycles. The number of rotatable bonds is 0. The summed E-state index contributed by atoms with van der Waals surface area (Å²) >= 11 is 12.5. The lowest BCUT2D eigenvalue weighted by Crippen LogP contribution is -1.88. The van der Waals surface area contributed by atoms with Gasteiger partial charge in [-0.25, -0.2) is 9.97 Å². The van der Waals surface area contributed by atoms with Crippen LogP contribution in [0.25, 0.3) is 0 Å². The number of hydrogen-bond acceptors (Lipinski definition) is 4. The van der Waals surface area contributed by atoms with Gasteiger partial charge in [-0.05, 0) is 37.8 Å². The van der Waals surface area contributed by atoms with Crippen molar-refractivity contribution in [1.82, 2.24) is 9.97 Å².